The lowest BCUT2D eigenvalue weighted by molar-refractivity contribution is -0.137. The number of sulfonamides is 1. The topological polar surface area (TPSA) is 82.0 Å². The van der Waals surface area contributed by atoms with E-state index >= 15 is 0 Å². The summed E-state index contributed by atoms with van der Waals surface area (Å²) in [4.78, 5) is 0. The Morgan fingerprint density at radius 2 is 2.00 bits per heavy atom. The molecule has 0 saturated heterocycles. The lowest BCUT2D eigenvalue weighted by atomic mass is 10.1. The molecule has 0 unspecified atom stereocenters. The van der Waals surface area contributed by atoms with E-state index in [4.69, 9.17) is 5.26 Å². The fourth-order valence-corrected chi connectivity index (χ4v) is 2.53. The third-order valence-electron chi connectivity index (χ3n) is 2.52. The number of nitrogens with zero attached hydrogens (tertiary/aromatic N) is 1. The van der Waals surface area contributed by atoms with Crippen LogP contribution in [0.1, 0.15) is 18.1 Å². The van der Waals surface area contributed by atoms with Gasteiger partial charge in [0.1, 0.15) is 6.07 Å². The molecule has 0 fully saturated rings. The standard InChI is InChI=1S/C12H14F3N3O2S/c1-2-18-21(19,20)6-5-17-11-4-3-10(12(13,14)15)7-9(11)8-16/h3-4,7,17-18H,2,5-6H2,1H3. The minimum Gasteiger partial charge on any atom is -0.383 e. The van der Waals surface area contributed by atoms with Crippen LogP contribution in [-0.4, -0.2) is 27.3 Å². The Kier molecular flexibility index (Phi) is 5.57. The van der Waals surface area contributed by atoms with Gasteiger partial charge in [0, 0.05) is 13.1 Å². The summed E-state index contributed by atoms with van der Waals surface area (Å²) in [5.74, 6) is -0.243. The van der Waals surface area contributed by atoms with Gasteiger partial charge in [0.15, 0.2) is 0 Å². The lowest BCUT2D eigenvalue weighted by Gasteiger charge is -2.12. The van der Waals surface area contributed by atoms with Gasteiger partial charge in [0.2, 0.25) is 10.0 Å². The number of anilines is 1. The van der Waals surface area contributed by atoms with Gasteiger partial charge in [-0.25, -0.2) is 13.1 Å². The molecule has 2 N–H and O–H groups in total. The van der Waals surface area contributed by atoms with Crippen LogP contribution in [0.25, 0.3) is 0 Å². The molecule has 5 nitrogen and oxygen atoms in total. The van der Waals surface area contributed by atoms with Crippen molar-refractivity contribution < 1.29 is 21.6 Å². The van der Waals surface area contributed by atoms with Gasteiger partial charge in [-0.05, 0) is 18.2 Å². The van der Waals surface area contributed by atoms with Gasteiger partial charge in [0.25, 0.3) is 0 Å². The average Bonchev–Trinajstić information content (AvgIpc) is 2.37. The monoisotopic (exact) mass is 321 g/mol. The smallest absolute Gasteiger partial charge is 0.383 e. The van der Waals surface area contributed by atoms with Crippen molar-refractivity contribution in [3.63, 3.8) is 0 Å². The van der Waals surface area contributed by atoms with Crippen LogP contribution < -0.4 is 10.0 Å². The van der Waals surface area contributed by atoms with Crippen LogP contribution in [0.5, 0.6) is 0 Å². The number of hydrogen-bond donors (Lipinski definition) is 2. The zero-order valence-electron chi connectivity index (χ0n) is 11.2. The van der Waals surface area contributed by atoms with Gasteiger partial charge < -0.3 is 5.32 Å². The van der Waals surface area contributed by atoms with Crippen molar-refractivity contribution in [1.29, 1.82) is 5.26 Å². The zero-order valence-corrected chi connectivity index (χ0v) is 12.0. The van der Waals surface area contributed by atoms with Gasteiger partial charge >= 0.3 is 6.18 Å². The molecule has 1 rings (SSSR count). The first-order chi connectivity index (χ1) is 9.69. The van der Waals surface area contributed by atoms with Crippen LogP contribution in [-0.2, 0) is 16.2 Å². The third kappa shape index (κ3) is 5.24. The fraction of sp³-hybridized carbons (Fsp3) is 0.417. The number of halogens is 3. The van der Waals surface area contributed by atoms with E-state index in [0.29, 0.717) is 0 Å². The van der Waals surface area contributed by atoms with E-state index in [-0.39, 0.29) is 30.1 Å². The molecule has 21 heavy (non-hydrogen) atoms. The summed E-state index contributed by atoms with van der Waals surface area (Å²) in [6, 6.07) is 4.32. The van der Waals surface area contributed by atoms with Crippen molar-refractivity contribution in [3.8, 4) is 6.07 Å². The molecule has 1 aromatic rings. The van der Waals surface area contributed by atoms with E-state index in [0.717, 1.165) is 18.2 Å². The second-order valence-electron chi connectivity index (χ2n) is 4.11. The van der Waals surface area contributed by atoms with Crippen LogP contribution in [0, 0.1) is 11.3 Å². The molecule has 0 bridgehead atoms. The Hall–Kier alpha value is -1.79. The highest BCUT2D eigenvalue weighted by molar-refractivity contribution is 7.89. The molecule has 0 atom stereocenters. The summed E-state index contributed by atoms with van der Waals surface area (Å²) < 4.78 is 62.6. The Labute approximate surface area is 120 Å². The van der Waals surface area contributed by atoms with E-state index in [1.807, 2.05) is 0 Å². The summed E-state index contributed by atoms with van der Waals surface area (Å²) in [7, 11) is -3.43. The first-order valence-corrected chi connectivity index (χ1v) is 7.67. The van der Waals surface area contributed by atoms with Crippen molar-refractivity contribution in [2.75, 3.05) is 24.2 Å². The quantitative estimate of drug-likeness (QED) is 0.839. The summed E-state index contributed by atoms with van der Waals surface area (Å²) in [6.45, 7) is 1.87. The third-order valence-corrected chi connectivity index (χ3v) is 3.99. The van der Waals surface area contributed by atoms with E-state index in [1.165, 1.54) is 0 Å². The summed E-state index contributed by atoms with van der Waals surface area (Å²) in [5.41, 5.74) is -0.951. The largest absolute Gasteiger partial charge is 0.416 e. The van der Waals surface area contributed by atoms with Gasteiger partial charge in [-0.3, -0.25) is 0 Å². The first-order valence-electron chi connectivity index (χ1n) is 6.02. The number of hydrogen-bond acceptors (Lipinski definition) is 4. The van der Waals surface area contributed by atoms with E-state index in [2.05, 4.69) is 10.0 Å². The van der Waals surface area contributed by atoms with E-state index < -0.39 is 21.8 Å². The summed E-state index contributed by atoms with van der Waals surface area (Å²) in [5, 5.41) is 11.5. The number of nitriles is 1. The highest BCUT2D eigenvalue weighted by atomic mass is 32.2. The van der Waals surface area contributed by atoms with Gasteiger partial charge in [0.05, 0.1) is 22.6 Å². The molecular formula is C12H14F3N3O2S. The normalized spacial score (nSPS) is 12.0. The van der Waals surface area contributed by atoms with Crippen molar-refractivity contribution in [3.05, 3.63) is 29.3 Å². The number of rotatable bonds is 6. The zero-order chi connectivity index (χ0) is 16.1. The van der Waals surface area contributed by atoms with Crippen molar-refractivity contribution in [2.24, 2.45) is 0 Å². The Bertz CT molecular complexity index is 636. The van der Waals surface area contributed by atoms with Crippen LogP contribution in [0.3, 0.4) is 0 Å². The molecule has 0 spiro atoms. The molecule has 0 aromatic heterocycles. The van der Waals surface area contributed by atoms with Crippen molar-refractivity contribution >= 4 is 15.7 Å². The van der Waals surface area contributed by atoms with Crippen LogP contribution in [0.15, 0.2) is 18.2 Å². The Balaban J connectivity index is 2.80. The van der Waals surface area contributed by atoms with E-state index in [1.54, 1.807) is 13.0 Å². The maximum atomic E-state index is 12.5. The number of alkyl halides is 3. The lowest BCUT2D eigenvalue weighted by Crippen LogP contribution is -2.29. The van der Waals surface area contributed by atoms with Crippen LogP contribution in [0.2, 0.25) is 0 Å². The van der Waals surface area contributed by atoms with Crippen LogP contribution >= 0.6 is 0 Å². The van der Waals surface area contributed by atoms with Crippen LogP contribution in [0.4, 0.5) is 18.9 Å². The molecule has 0 radical (unpaired) electrons. The van der Waals surface area contributed by atoms with Gasteiger partial charge in [-0.15, -0.1) is 0 Å². The molecule has 0 heterocycles. The van der Waals surface area contributed by atoms with Crippen molar-refractivity contribution in [2.45, 2.75) is 13.1 Å². The highest BCUT2D eigenvalue weighted by Crippen LogP contribution is 2.31. The highest BCUT2D eigenvalue weighted by Gasteiger charge is 2.31. The number of nitrogens with one attached hydrogen (secondary N) is 2. The Morgan fingerprint density at radius 1 is 1.33 bits per heavy atom. The minimum atomic E-state index is -4.53. The molecule has 0 aliphatic carbocycles. The second-order valence-corrected chi connectivity index (χ2v) is 6.04. The minimum absolute atomic E-state index is 0.0185. The molecule has 0 amide bonds. The molecule has 0 saturated carbocycles. The molecule has 0 aliphatic heterocycles. The maximum Gasteiger partial charge on any atom is 0.416 e. The fourth-order valence-electron chi connectivity index (χ4n) is 1.58. The predicted molar refractivity (Wildman–Crippen MR) is 72.1 cm³/mol. The molecule has 1 aromatic carbocycles. The number of benzene rings is 1. The Morgan fingerprint density at radius 3 is 2.52 bits per heavy atom. The maximum absolute atomic E-state index is 12.5. The molecular weight excluding hydrogens is 307 g/mol. The molecule has 116 valence electrons. The van der Waals surface area contributed by atoms with Crippen molar-refractivity contribution in [1.82, 2.24) is 4.72 Å². The van der Waals surface area contributed by atoms with E-state index in [9.17, 15) is 21.6 Å². The SMILES string of the molecule is CCNS(=O)(=O)CCNc1ccc(C(F)(F)F)cc1C#N. The second kappa shape index (κ2) is 6.78. The average molecular weight is 321 g/mol. The predicted octanol–water partition coefficient (Wildman–Crippen LogP) is 1.93. The molecule has 0 aliphatic rings. The van der Waals surface area contributed by atoms with Gasteiger partial charge in [-0.1, -0.05) is 6.92 Å². The molecule has 9 heteroatoms. The van der Waals surface area contributed by atoms with Gasteiger partial charge in [-0.2, -0.15) is 18.4 Å². The summed E-state index contributed by atoms with van der Waals surface area (Å²) in [6.07, 6.45) is -4.53. The first kappa shape index (κ1) is 17.3. The summed E-state index contributed by atoms with van der Waals surface area (Å²) >= 11 is 0.